The number of aromatic nitrogens is 2. The first kappa shape index (κ1) is 15.5. The Morgan fingerprint density at radius 2 is 2.20 bits per heavy atom. The molecule has 7 heteroatoms. The Morgan fingerprint density at radius 1 is 1.45 bits per heavy atom. The minimum Gasteiger partial charge on any atom is -0.308 e. The monoisotopic (exact) mass is 315 g/mol. The Balaban J connectivity index is 2.07. The van der Waals surface area contributed by atoms with E-state index in [4.69, 9.17) is 0 Å². The molecule has 0 bridgehead atoms. The van der Waals surface area contributed by atoms with Gasteiger partial charge in [-0.1, -0.05) is 13.8 Å². The summed E-state index contributed by atoms with van der Waals surface area (Å²) in [4.78, 5) is 5.64. The smallest absolute Gasteiger partial charge is 0.194 e. The molecule has 0 spiro atoms. The highest BCUT2D eigenvalue weighted by atomic mass is 32.2. The molecule has 0 unspecified atom stereocenters. The molecule has 2 rings (SSSR count). The van der Waals surface area contributed by atoms with Crippen LogP contribution < -0.4 is 5.32 Å². The Labute approximate surface area is 124 Å². The van der Waals surface area contributed by atoms with Crippen LogP contribution in [0.25, 0.3) is 4.96 Å². The van der Waals surface area contributed by atoms with Crippen LogP contribution in [0.1, 0.15) is 38.2 Å². The number of thiazole rings is 1. The van der Waals surface area contributed by atoms with E-state index in [1.54, 1.807) is 18.3 Å². The van der Waals surface area contributed by atoms with Gasteiger partial charge >= 0.3 is 0 Å². The first-order valence-corrected chi connectivity index (χ1v) is 9.56. The number of hydrogen-bond acceptors (Lipinski definition) is 5. The average molecular weight is 315 g/mol. The first-order chi connectivity index (χ1) is 9.48. The maximum atomic E-state index is 11.5. The van der Waals surface area contributed by atoms with Crippen LogP contribution in [0.2, 0.25) is 0 Å². The number of rotatable bonds is 7. The molecule has 0 aliphatic heterocycles. The van der Waals surface area contributed by atoms with Gasteiger partial charge in [0.2, 0.25) is 0 Å². The fraction of sp³-hybridized carbons (Fsp3) is 0.615. The summed E-state index contributed by atoms with van der Waals surface area (Å²) in [5.74, 6) is 0.376. The van der Waals surface area contributed by atoms with Crippen molar-refractivity contribution in [2.75, 3.05) is 18.1 Å². The maximum absolute atomic E-state index is 11.5. The largest absolute Gasteiger partial charge is 0.308 e. The summed E-state index contributed by atoms with van der Waals surface area (Å²) in [6.07, 6.45) is 2.94. The summed E-state index contributed by atoms with van der Waals surface area (Å²) in [7, 11) is -2.91. The fourth-order valence-corrected chi connectivity index (χ4v) is 3.68. The zero-order valence-corrected chi connectivity index (χ0v) is 13.7. The van der Waals surface area contributed by atoms with Crippen molar-refractivity contribution >= 4 is 26.1 Å². The van der Waals surface area contributed by atoms with Crippen molar-refractivity contribution in [1.82, 2.24) is 14.7 Å². The van der Waals surface area contributed by atoms with Crippen molar-refractivity contribution in [3.05, 3.63) is 23.0 Å². The second-order valence-corrected chi connectivity index (χ2v) is 8.11. The molecule has 2 aromatic rings. The van der Waals surface area contributed by atoms with Crippen LogP contribution in [0.15, 0.2) is 11.6 Å². The van der Waals surface area contributed by atoms with Crippen LogP contribution in [0.3, 0.4) is 0 Å². The van der Waals surface area contributed by atoms with Gasteiger partial charge < -0.3 is 5.32 Å². The van der Waals surface area contributed by atoms with Crippen molar-refractivity contribution in [3.8, 4) is 0 Å². The van der Waals surface area contributed by atoms with Crippen LogP contribution >= 0.6 is 11.3 Å². The lowest BCUT2D eigenvalue weighted by atomic mass is 10.1. The fourth-order valence-electron chi connectivity index (χ4n) is 2.22. The summed E-state index contributed by atoms with van der Waals surface area (Å²) < 4.78 is 25.1. The minimum absolute atomic E-state index is 0.0594. The average Bonchev–Trinajstić information content (AvgIpc) is 2.98. The van der Waals surface area contributed by atoms with E-state index in [-0.39, 0.29) is 17.5 Å². The second kappa shape index (κ2) is 6.24. The lowest BCUT2D eigenvalue weighted by molar-refractivity contribution is 0.564. The zero-order valence-electron chi connectivity index (χ0n) is 12.1. The molecule has 112 valence electrons. The van der Waals surface area contributed by atoms with E-state index in [0.717, 1.165) is 17.1 Å². The van der Waals surface area contributed by atoms with Crippen LogP contribution in [0, 0.1) is 0 Å². The number of fused-ring (bicyclic) bond motifs is 1. The lowest BCUT2D eigenvalue weighted by Gasteiger charge is -2.13. The molecule has 0 amide bonds. The normalized spacial score (nSPS) is 13.9. The van der Waals surface area contributed by atoms with Gasteiger partial charge in [0.15, 0.2) is 14.8 Å². The molecule has 1 atom stereocenters. The Hall–Kier alpha value is -0.920. The standard InChI is InChI=1S/C13H21N3O2S2/c1-4-11-12(15-13-16(11)7-8-19-13)10(3)14-6-9-20(17,18)5-2/h7-8,10,14H,4-6,9H2,1-3H3/t10-/m1/s1. The number of nitrogens with one attached hydrogen (secondary N) is 1. The molecule has 0 fully saturated rings. The third-order valence-electron chi connectivity index (χ3n) is 3.44. The molecule has 0 saturated carbocycles. The summed E-state index contributed by atoms with van der Waals surface area (Å²) in [5, 5.41) is 5.29. The Bertz CT molecular complexity index is 673. The summed E-state index contributed by atoms with van der Waals surface area (Å²) in [6, 6.07) is 0.0594. The van der Waals surface area contributed by atoms with E-state index in [2.05, 4.69) is 21.6 Å². The van der Waals surface area contributed by atoms with Gasteiger partial charge in [0.05, 0.1) is 11.4 Å². The number of imidazole rings is 1. The summed E-state index contributed by atoms with van der Waals surface area (Å²) >= 11 is 1.62. The van der Waals surface area contributed by atoms with E-state index in [0.29, 0.717) is 6.54 Å². The van der Waals surface area contributed by atoms with Gasteiger partial charge in [-0.3, -0.25) is 4.40 Å². The highest BCUT2D eigenvalue weighted by molar-refractivity contribution is 7.91. The number of sulfone groups is 1. The summed E-state index contributed by atoms with van der Waals surface area (Å²) in [6.45, 7) is 6.28. The lowest BCUT2D eigenvalue weighted by Crippen LogP contribution is -2.27. The molecule has 5 nitrogen and oxygen atoms in total. The van der Waals surface area contributed by atoms with Crippen molar-refractivity contribution in [3.63, 3.8) is 0 Å². The van der Waals surface area contributed by atoms with Gasteiger partial charge in [-0.15, -0.1) is 11.3 Å². The molecular weight excluding hydrogens is 294 g/mol. The Morgan fingerprint density at radius 3 is 2.85 bits per heavy atom. The number of nitrogens with zero attached hydrogens (tertiary/aromatic N) is 2. The predicted octanol–water partition coefficient (Wildman–Crippen LogP) is 2.04. The van der Waals surface area contributed by atoms with Crippen LogP contribution in [0.4, 0.5) is 0 Å². The third kappa shape index (κ3) is 3.21. The predicted molar refractivity (Wildman–Crippen MR) is 83.2 cm³/mol. The second-order valence-electron chi connectivity index (χ2n) is 4.77. The zero-order chi connectivity index (χ0) is 14.8. The van der Waals surface area contributed by atoms with Gasteiger partial charge in [0.1, 0.15) is 0 Å². The molecule has 2 heterocycles. The molecule has 0 saturated heterocycles. The first-order valence-electron chi connectivity index (χ1n) is 6.86. The van der Waals surface area contributed by atoms with E-state index in [9.17, 15) is 8.42 Å². The molecular formula is C13H21N3O2S2. The molecule has 0 aliphatic rings. The van der Waals surface area contributed by atoms with Gasteiger partial charge in [0.25, 0.3) is 0 Å². The van der Waals surface area contributed by atoms with E-state index < -0.39 is 9.84 Å². The van der Waals surface area contributed by atoms with E-state index in [1.165, 1.54) is 5.69 Å². The highest BCUT2D eigenvalue weighted by Crippen LogP contribution is 2.22. The highest BCUT2D eigenvalue weighted by Gasteiger charge is 2.17. The van der Waals surface area contributed by atoms with E-state index in [1.807, 2.05) is 18.5 Å². The minimum atomic E-state index is -2.91. The molecule has 20 heavy (non-hydrogen) atoms. The maximum Gasteiger partial charge on any atom is 0.194 e. The quantitative estimate of drug-likeness (QED) is 0.849. The van der Waals surface area contributed by atoms with Gasteiger partial charge in [0, 0.05) is 35.6 Å². The third-order valence-corrected chi connectivity index (χ3v) is 5.90. The van der Waals surface area contributed by atoms with Crippen LogP contribution in [0.5, 0.6) is 0 Å². The SMILES string of the molecule is CCc1c([C@@H](C)NCCS(=O)(=O)CC)nc2sccn12. The van der Waals surface area contributed by atoms with Crippen LogP contribution in [-0.2, 0) is 16.3 Å². The van der Waals surface area contributed by atoms with Crippen LogP contribution in [-0.4, -0.2) is 35.9 Å². The molecule has 0 aromatic carbocycles. The van der Waals surface area contributed by atoms with Crippen molar-refractivity contribution < 1.29 is 8.42 Å². The number of aryl methyl sites for hydroxylation is 1. The Kier molecular flexibility index (Phi) is 4.82. The van der Waals surface area contributed by atoms with E-state index >= 15 is 0 Å². The molecule has 0 aliphatic carbocycles. The molecule has 2 aromatic heterocycles. The van der Waals surface area contributed by atoms with Gasteiger partial charge in [-0.05, 0) is 13.3 Å². The van der Waals surface area contributed by atoms with Gasteiger partial charge in [-0.25, -0.2) is 13.4 Å². The summed E-state index contributed by atoms with van der Waals surface area (Å²) in [5.41, 5.74) is 2.22. The van der Waals surface area contributed by atoms with Crippen molar-refractivity contribution in [2.45, 2.75) is 33.2 Å². The number of hydrogen-bond donors (Lipinski definition) is 1. The topological polar surface area (TPSA) is 63.5 Å². The molecule has 1 N–H and O–H groups in total. The van der Waals surface area contributed by atoms with Gasteiger partial charge in [-0.2, -0.15) is 0 Å². The molecule has 0 radical (unpaired) electrons. The van der Waals surface area contributed by atoms with Crippen molar-refractivity contribution in [2.24, 2.45) is 0 Å². The van der Waals surface area contributed by atoms with Crippen molar-refractivity contribution in [1.29, 1.82) is 0 Å².